The predicted molar refractivity (Wildman–Crippen MR) is 90.1 cm³/mol. The van der Waals surface area contributed by atoms with Crippen LogP contribution in [0.5, 0.6) is 0 Å². The van der Waals surface area contributed by atoms with Crippen LogP contribution in [0.4, 0.5) is 5.69 Å². The number of nitrogens with zero attached hydrogens (tertiary/aromatic N) is 2. The summed E-state index contributed by atoms with van der Waals surface area (Å²) < 4.78 is 0. The molecule has 0 unspecified atom stereocenters. The van der Waals surface area contributed by atoms with Crippen LogP contribution in [0.3, 0.4) is 0 Å². The minimum Gasteiger partial charge on any atom is -0.314 e. The van der Waals surface area contributed by atoms with E-state index in [0.717, 1.165) is 38.2 Å². The van der Waals surface area contributed by atoms with Gasteiger partial charge in [-0.3, -0.25) is 15.0 Å². The first-order valence-electron chi connectivity index (χ1n) is 6.52. The van der Waals surface area contributed by atoms with E-state index in [1.165, 1.54) is 6.07 Å². The number of nitrogens with one attached hydrogen (secondary N) is 1. The number of rotatable bonds is 4. The largest absolute Gasteiger partial charge is 0.314 e. The Morgan fingerprint density at radius 2 is 2.00 bits per heavy atom. The number of nitro benzene ring substituents is 1. The maximum atomic E-state index is 10.9. The Labute approximate surface area is 142 Å². The van der Waals surface area contributed by atoms with Crippen LogP contribution in [0.2, 0.25) is 5.02 Å². The lowest BCUT2D eigenvalue weighted by Gasteiger charge is -2.35. The first-order chi connectivity index (χ1) is 9.13. The van der Waals surface area contributed by atoms with Crippen molar-refractivity contribution in [3.63, 3.8) is 0 Å². The van der Waals surface area contributed by atoms with E-state index < -0.39 is 0 Å². The van der Waals surface area contributed by atoms with Crippen molar-refractivity contribution in [2.75, 3.05) is 26.2 Å². The van der Waals surface area contributed by atoms with E-state index in [1.54, 1.807) is 12.1 Å². The molecule has 5 nitrogen and oxygen atoms in total. The fraction of sp³-hybridized carbons (Fsp3) is 0.538. The van der Waals surface area contributed by atoms with Crippen LogP contribution in [-0.2, 0) is 0 Å². The molecule has 1 aromatic rings. The maximum absolute atomic E-state index is 10.9. The Bertz CT molecular complexity index is 468. The van der Waals surface area contributed by atoms with E-state index in [0.29, 0.717) is 5.02 Å². The highest BCUT2D eigenvalue weighted by molar-refractivity contribution is 6.31. The van der Waals surface area contributed by atoms with E-state index in [-0.39, 0.29) is 41.5 Å². The molecule has 1 aliphatic heterocycles. The Balaban J connectivity index is 0.00000200. The molecule has 120 valence electrons. The van der Waals surface area contributed by atoms with Crippen LogP contribution in [0.15, 0.2) is 18.2 Å². The van der Waals surface area contributed by atoms with Gasteiger partial charge in [0.15, 0.2) is 0 Å². The van der Waals surface area contributed by atoms with Gasteiger partial charge in [0.05, 0.1) is 4.92 Å². The molecule has 1 aromatic carbocycles. The van der Waals surface area contributed by atoms with Gasteiger partial charge in [-0.1, -0.05) is 18.5 Å². The van der Waals surface area contributed by atoms with Crippen LogP contribution in [-0.4, -0.2) is 36.0 Å². The van der Waals surface area contributed by atoms with Gasteiger partial charge in [-0.15, -0.1) is 24.8 Å². The first-order valence-corrected chi connectivity index (χ1v) is 6.90. The molecule has 1 aliphatic rings. The van der Waals surface area contributed by atoms with Crippen molar-refractivity contribution >= 4 is 42.1 Å². The van der Waals surface area contributed by atoms with Crippen molar-refractivity contribution in [1.29, 1.82) is 0 Å². The Morgan fingerprint density at radius 1 is 1.38 bits per heavy atom. The number of benzene rings is 1. The van der Waals surface area contributed by atoms with E-state index in [2.05, 4.69) is 17.1 Å². The van der Waals surface area contributed by atoms with Gasteiger partial charge in [-0.25, -0.2) is 0 Å². The van der Waals surface area contributed by atoms with Crippen LogP contribution in [0, 0.1) is 10.1 Å². The number of nitro groups is 1. The average molecular weight is 357 g/mol. The van der Waals surface area contributed by atoms with E-state index in [9.17, 15) is 10.1 Å². The van der Waals surface area contributed by atoms with E-state index in [1.807, 2.05) is 0 Å². The SMILES string of the molecule is CC[C@@H](c1cc([N+](=O)[O-])ccc1Cl)N1CCNCC1.Cl.Cl. The van der Waals surface area contributed by atoms with Crippen LogP contribution < -0.4 is 5.32 Å². The molecule has 1 heterocycles. The fourth-order valence-electron chi connectivity index (χ4n) is 2.57. The summed E-state index contributed by atoms with van der Waals surface area (Å²) in [6.07, 6.45) is 0.890. The lowest BCUT2D eigenvalue weighted by atomic mass is 10.0. The molecule has 21 heavy (non-hydrogen) atoms. The summed E-state index contributed by atoms with van der Waals surface area (Å²) in [6.45, 7) is 5.86. The lowest BCUT2D eigenvalue weighted by molar-refractivity contribution is -0.385. The highest BCUT2D eigenvalue weighted by Gasteiger charge is 2.24. The third-order valence-corrected chi connectivity index (χ3v) is 3.87. The zero-order valence-electron chi connectivity index (χ0n) is 11.8. The summed E-state index contributed by atoms with van der Waals surface area (Å²) in [4.78, 5) is 12.9. The van der Waals surface area contributed by atoms with E-state index in [4.69, 9.17) is 11.6 Å². The van der Waals surface area contributed by atoms with Gasteiger partial charge in [0, 0.05) is 49.4 Å². The second-order valence-electron chi connectivity index (χ2n) is 4.67. The van der Waals surface area contributed by atoms with Gasteiger partial charge >= 0.3 is 0 Å². The highest BCUT2D eigenvalue weighted by Crippen LogP contribution is 2.33. The number of non-ortho nitro benzene ring substituents is 1. The van der Waals surface area contributed by atoms with Crippen LogP contribution in [0.25, 0.3) is 0 Å². The van der Waals surface area contributed by atoms with Gasteiger partial charge in [0.2, 0.25) is 0 Å². The van der Waals surface area contributed by atoms with Gasteiger partial charge in [0.25, 0.3) is 5.69 Å². The monoisotopic (exact) mass is 355 g/mol. The van der Waals surface area contributed by atoms with Crippen molar-refractivity contribution in [3.8, 4) is 0 Å². The van der Waals surface area contributed by atoms with Crippen LogP contribution >= 0.6 is 36.4 Å². The van der Waals surface area contributed by atoms with Crippen molar-refractivity contribution in [2.24, 2.45) is 0 Å². The molecule has 0 spiro atoms. The summed E-state index contributed by atoms with van der Waals surface area (Å²) in [5.74, 6) is 0. The molecule has 0 radical (unpaired) electrons. The number of hydrogen-bond donors (Lipinski definition) is 1. The highest BCUT2D eigenvalue weighted by atomic mass is 35.5. The van der Waals surface area contributed by atoms with Gasteiger partial charge < -0.3 is 5.32 Å². The van der Waals surface area contributed by atoms with Gasteiger partial charge in [0.1, 0.15) is 0 Å². The molecule has 0 aromatic heterocycles. The summed E-state index contributed by atoms with van der Waals surface area (Å²) in [5, 5.41) is 14.8. The molecule has 1 saturated heterocycles. The third kappa shape index (κ3) is 4.97. The molecular formula is C13H20Cl3N3O2. The second-order valence-corrected chi connectivity index (χ2v) is 5.08. The number of halogens is 3. The second kappa shape index (κ2) is 9.43. The lowest BCUT2D eigenvalue weighted by Crippen LogP contribution is -2.45. The molecule has 1 atom stereocenters. The summed E-state index contributed by atoms with van der Waals surface area (Å²) >= 11 is 6.23. The zero-order chi connectivity index (χ0) is 13.8. The molecule has 0 aliphatic carbocycles. The van der Waals surface area contributed by atoms with Crippen LogP contribution in [0.1, 0.15) is 24.9 Å². The van der Waals surface area contributed by atoms with Crippen molar-refractivity contribution in [2.45, 2.75) is 19.4 Å². The minimum absolute atomic E-state index is 0. The molecule has 1 fully saturated rings. The zero-order valence-corrected chi connectivity index (χ0v) is 14.1. The first kappa shape index (κ1) is 20.4. The molecule has 1 N–H and O–H groups in total. The summed E-state index contributed by atoms with van der Waals surface area (Å²) in [7, 11) is 0. The van der Waals surface area contributed by atoms with E-state index >= 15 is 0 Å². The normalized spacial score (nSPS) is 16.5. The number of hydrogen-bond acceptors (Lipinski definition) is 4. The summed E-state index contributed by atoms with van der Waals surface area (Å²) in [6, 6.07) is 4.84. The molecular weight excluding hydrogens is 337 g/mol. The Kier molecular flexibility index (Phi) is 9.17. The van der Waals surface area contributed by atoms with Gasteiger partial charge in [-0.2, -0.15) is 0 Å². The standard InChI is InChI=1S/C13H18ClN3O2.2ClH/c1-2-13(16-7-5-15-6-8-16)11-9-10(17(18)19)3-4-12(11)14;;/h3-4,9,13,15H,2,5-8H2,1H3;2*1H/t13-;;/m0../s1. The molecule has 0 amide bonds. The molecule has 2 rings (SSSR count). The fourth-order valence-corrected chi connectivity index (χ4v) is 2.81. The minimum atomic E-state index is -0.371. The summed E-state index contributed by atoms with van der Waals surface area (Å²) in [5.41, 5.74) is 0.966. The Hall–Kier alpha value is -0.590. The van der Waals surface area contributed by atoms with Crippen molar-refractivity contribution in [3.05, 3.63) is 38.9 Å². The topological polar surface area (TPSA) is 58.4 Å². The quantitative estimate of drug-likeness (QED) is 0.663. The molecule has 8 heteroatoms. The molecule has 0 saturated carbocycles. The van der Waals surface area contributed by atoms with Crippen molar-refractivity contribution < 1.29 is 4.92 Å². The van der Waals surface area contributed by atoms with Gasteiger partial charge in [-0.05, 0) is 18.1 Å². The number of piperazine rings is 1. The smallest absolute Gasteiger partial charge is 0.269 e. The maximum Gasteiger partial charge on any atom is 0.269 e. The predicted octanol–water partition coefficient (Wildman–Crippen LogP) is 3.45. The third-order valence-electron chi connectivity index (χ3n) is 3.53. The Morgan fingerprint density at radius 3 is 2.52 bits per heavy atom. The molecule has 0 bridgehead atoms. The average Bonchev–Trinajstić information content (AvgIpc) is 2.42. The van der Waals surface area contributed by atoms with Crippen molar-refractivity contribution in [1.82, 2.24) is 10.2 Å².